The van der Waals surface area contributed by atoms with E-state index in [0.29, 0.717) is 23.0 Å². The van der Waals surface area contributed by atoms with Crippen LogP contribution in [0.15, 0.2) is 53.5 Å². The molecule has 6 rings (SSSR count). The summed E-state index contributed by atoms with van der Waals surface area (Å²) in [5.74, 6) is 1.63. The summed E-state index contributed by atoms with van der Waals surface area (Å²) in [4.78, 5) is 3.13. The van der Waals surface area contributed by atoms with E-state index < -0.39 is 0 Å². The number of hydrogen-bond donors (Lipinski definition) is 0. The van der Waals surface area contributed by atoms with Crippen molar-refractivity contribution in [1.29, 1.82) is 0 Å². The van der Waals surface area contributed by atoms with Gasteiger partial charge in [0, 0.05) is 42.5 Å². The molecule has 0 N–H and O–H groups in total. The van der Waals surface area contributed by atoms with Crippen molar-refractivity contribution in [2.45, 2.75) is 16.1 Å². The molecule has 4 unspecified atom stereocenters. The molecule has 24 heavy (non-hydrogen) atoms. The van der Waals surface area contributed by atoms with Gasteiger partial charge >= 0.3 is 0 Å². The van der Waals surface area contributed by atoms with Crippen LogP contribution in [-0.4, -0.2) is 5.25 Å². The van der Waals surface area contributed by atoms with Gasteiger partial charge in [0.05, 0.1) is 0 Å². The molecule has 1 aliphatic heterocycles. The van der Waals surface area contributed by atoms with E-state index in [1.165, 1.54) is 20.2 Å². The first-order chi connectivity index (χ1) is 11.9. The SMILES string of the molecule is C1=CC2C=c3sc4c(c3=CC2C=C1)SC1C=c2ccccc2=CC41. The fourth-order valence-electron chi connectivity index (χ4n) is 4.28. The Balaban J connectivity index is 1.57. The van der Waals surface area contributed by atoms with Gasteiger partial charge in [-0.25, -0.2) is 0 Å². The summed E-state index contributed by atoms with van der Waals surface area (Å²) < 4.78 is 1.49. The molecule has 4 aliphatic rings. The summed E-state index contributed by atoms with van der Waals surface area (Å²) in [6, 6.07) is 8.79. The third kappa shape index (κ3) is 1.81. The van der Waals surface area contributed by atoms with Crippen molar-refractivity contribution in [2.24, 2.45) is 11.8 Å². The molecule has 116 valence electrons. The van der Waals surface area contributed by atoms with Crippen molar-refractivity contribution in [3.8, 4) is 0 Å². The lowest BCUT2D eigenvalue weighted by atomic mass is 9.85. The minimum atomic E-state index is 0.537. The molecule has 2 heteroatoms. The Bertz CT molecular complexity index is 1160. The zero-order chi connectivity index (χ0) is 15.7. The number of thioether (sulfide) groups is 1. The summed E-state index contributed by atoms with van der Waals surface area (Å²) in [6.07, 6.45) is 19.0. The van der Waals surface area contributed by atoms with Crippen molar-refractivity contribution >= 4 is 47.4 Å². The third-order valence-electron chi connectivity index (χ3n) is 5.49. The largest absolute Gasteiger partial charge is 0.139 e. The summed E-state index contributed by atoms with van der Waals surface area (Å²) in [5.41, 5.74) is 0. The molecular formula is C22H16S2. The molecule has 2 heterocycles. The van der Waals surface area contributed by atoms with E-state index in [4.69, 9.17) is 0 Å². The van der Waals surface area contributed by atoms with E-state index in [1.807, 2.05) is 11.3 Å². The van der Waals surface area contributed by atoms with Crippen LogP contribution >= 0.6 is 23.1 Å². The number of benzene rings is 1. The van der Waals surface area contributed by atoms with Gasteiger partial charge in [0.1, 0.15) is 0 Å². The highest BCUT2D eigenvalue weighted by molar-refractivity contribution is 8.00. The summed E-state index contributed by atoms with van der Waals surface area (Å²) >= 11 is 4.10. The Labute approximate surface area is 148 Å². The molecule has 0 amide bonds. The van der Waals surface area contributed by atoms with E-state index in [2.05, 4.69) is 84.6 Å². The molecule has 0 saturated heterocycles. The number of thiophene rings is 1. The Morgan fingerprint density at radius 3 is 2.38 bits per heavy atom. The van der Waals surface area contributed by atoms with Crippen molar-refractivity contribution in [3.05, 3.63) is 73.6 Å². The van der Waals surface area contributed by atoms with Crippen molar-refractivity contribution in [3.63, 3.8) is 0 Å². The molecule has 0 saturated carbocycles. The highest BCUT2D eigenvalue weighted by Crippen LogP contribution is 2.47. The normalized spacial score (nSPS) is 30.5. The lowest BCUT2D eigenvalue weighted by molar-refractivity contribution is 0.724. The average molecular weight is 345 g/mol. The lowest BCUT2D eigenvalue weighted by Gasteiger charge is -2.20. The number of hydrogen-bond acceptors (Lipinski definition) is 2. The molecular weight excluding hydrogens is 328 g/mol. The molecule has 0 bridgehead atoms. The van der Waals surface area contributed by atoms with Crippen LogP contribution in [-0.2, 0) is 0 Å². The maximum Gasteiger partial charge on any atom is 0.0396 e. The van der Waals surface area contributed by atoms with Crippen LogP contribution in [0.3, 0.4) is 0 Å². The smallest absolute Gasteiger partial charge is 0.0396 e. The fourth-order valence-corrected chi connectivity index (χ4v) is 7.40. The Morgan fingerprint density at radius 1 is 0.792 bits per heavy atom. The van der Waals surface area contributed by atoms with Crippen molar-refractivity contribution in [1.82, 2.24) is 0 Å². The van der Waals surface area contributed by atoms with Crippen LogP contribution in [0.2, 0.25) is 0 Å². The highest BCUT2D eigenvalue weighted by Gasteiger charge is 2.35. The second-order valence-corrected chi connectivity index (χ2v) is 9.17. The van der Waals surface area contributed by atoms with E-state index in [-0.39, 0.29) is 0 Å². The molecule has 0 radical (unpaired) electrons. The first-order valence-electron chi connectivity index (χ1n) is 8.54. The van der Waals surface area contributed by atoms with Crippen LogP contribution in [0.4, 0.5) is 0 Å². The second-order valence-electron chi connectivity index (χ2n) is 6.90. The molecule has 0 fully saturated rings. The molecule has 1 aromatic heterocycles. The maximum absolute atomic E-state index is 2.51. The fraction of sp³-hybridized carbons (Fsp3) is 0.182. The molecule has 0 nitrogen and oxygen atoms in total. The van der Waals surface area contributed by atoms with E-state index in [0.717, 1.165) is 0 Å². The standard InChI is InChI=1S/C22H16S2/c1-3-7-15-11-19-17(9-13(15)5-1)21-22(23-19)18-10-14-6-2-4-8-16(14)12-20(18)24-21/h1-13,15,18,20H. The monoisotopic (exact) mass is 344 g/mol. The quantitative estimate of drug-likeness (QED) is 0.708. The number of fused-ring (bicyclic) bond motifs is 7. The summed E-state index contributed by atoms with van der Waals surface area (Å²) in [5, 5.41) is 4.86. The van der Waals surface area contributed by atoms with E-state index in [1.54, 1.807) is 9.77 Å². The van der Waals surface area contributed by atoms with Gasteiger partial charge in [0.2, 0.25) is 0 Å². The first kappa shape index (κ1) is 13.5. The molecule has 1 aromatic carbocycles. The van der Waals surface area contributed by atoms with Crippen LogP contribution in [0, 0.1) is 11.8 Å². The van der Waals surface area contributed by atoms with E-state index in [9.17, 15) is 0 Å². The van der Waals surface area contributed by atoms with Gasteiger partial charge < -0.3 is 0 Å². The average Bonchev–Trinajstić information content (AvgIpc) is 3.13. The molecule has 4 atom stereocenters. The molecule has 0 spiro atoms. The van der Waals surface area contributed by atoms with Crippen LogP contribution in [0.5, 0.6) is 0 Å². The maximum atomic E-state index is 2.51. The van der Waals surface area contributed by atoms with Crippen molar-refractivity contribution < 1.29 is 0 Å². The molecule has 2 aromatic rings. The number of allylic oxidation sites excluding steroid dienone is 4. The van der Waals surface area contributed by atoms with Gasteiger partial charge in [0.15, 0.2) is 0 Å². The Kier molecular flexibility index (Phi) is 2.74. The van der Waals surface area contributed by atoms with Crippen molar-refractivity contribution in [2.75, 3.05) is 0 Å². The minimum absolute atomic E-state index is 0.537. The lowest BCUT2D eigenvalue weighted by Crippen LogP contribution is -2.32. The van der Waals surface area contributed by atoms with Gasteiger partial charge in [-0.15, -0.1) is 23.1 Å². The molecule has 3 aliphatic carbocycles. The van der Waals surface area contributed by atoms with Crippen LogP contribution in [0.25, 0.3) is 24.3 Å². The predicted octanol–water partition coefficient (Wildman–Crippen LogP) is 2.51. The minimum Gasteiger partial charge on any atom is -0.139 e. The Hall–Kier alpha value is -1.77. The second kappa shape index (κ2) is 4.87. The summed E-state index contributed by atoms with van der Waals surface area (Å²) in [7, 11) is 0. The van der Waals surface area contributed by atoms with Gasteiger partial charge in [-0.1, -0.05) is 72.9 Å². The van der Waals surface area contributed by atoms with Crippen LogP contribution < -0.4 is 20.2 Å². The van der Waals surface area contributed by atoms with Crippen LogP contribution in [0.1, 0.15) is 10.8 Å². The zero-order valence-corrected chi connectivity index (χ0v) is 14.7. The Morgan fingerprint density at radius 2 is 1.54 bits per heavy atom. The van der Waals surface area contributed by atoms with Gasteiger partial charge in [-0.2, -0.15) is 0 Å². The topological polar surface area (TPSA) is 0 Å². The third-order valence-corrected chi connectivity index (χ3v) is 8.27. The highest BCUT2D eigenvalue weighted by atomic mass is 32.2. The number of rotatable bonds is 0. The van der Waals surface area contributed by atoms with E-state index >= 15 is 0 Å². The first-order valence-corrected chi connectivity index (χ1v) is 10.2. The zero-order valence-electron chi connectivity index (χ0n) is 13.1. The van der Waals surface area contributed by atoms with Gasteiger partial charge in [0.25, 0.3) is 0 Å². The van der Waals surface area contributed by atoms with Gasteiger partial charge in [-0.05, 0) is 10.4 Å². The predicted molar refractivity (Wildman–Crippen MR) is 105 cm³/mol. The van der Waals surface area contributed by atoms with Gasteiger partial charge in [-0.3, -0.25) is 0 Å². The summed E-state index contributed by atoms with van der Waals surface area (Å²) in [6.45, 7) is 0.